The van der Waals surface area contributed by atoms with Crippen LogP contribution >= 0.6 is 0 Å². The zero-order valence-corrected chi connectivity index (χ0v) is 12.5. The van der Waals surface area contributed by atoms with Crippen LogP contribution in [0.1, 0.15) is 31.1 Å². The largest absolute Gasteiger partial charge is 0.460 e. The molecule has 118 valence electrons. The summed E-state index contributed by atoms with van der Waals surface area (Å²) < 4.78 is 13.4. The topological polar surface area (TPSA) is 97.1 Å². The van der Waals surface area contributed by atoms with Gasteiger partial charge in [-0.3, -0.25) is 4.98 Å². The summed E-state index contributed by atoms with van der Waals surface area (Å²) in [5.74, 6) is 0.582. The Hall–Kier alpha value is -2.43. The van der Waals surface area contributed by atoms with Gasteiger partial charge >= 0.3 is 0 Å². The van der Waals surface area contributed by atoms with E-state index in [1.54, 1.807) is 12.5 Å². The van der Waals surface area contributed by atoms with E-state index >= 15 is 0 Å². The lowest BCUT2D eigenvalue weighted by Gasteiger charge is -2.30. The predicted molar refractivity (Wildman–Crippen MR) is 81.5 cm³/mol. The zero-order valence-electron chi connectivity index (χ0n) is 12.5. The Bertz CT molecular complexity index is 884. The van der Waals surface area contributed by atoms with Crippen molar-refractivity contribution in [1.29, 1.82) is 5.26 Å². The van der Waals surface area contributed by atoms with E-state index in [4.69, 9.17) is 14.4 Å². The van der Waals surface area contributed by atoms with Crippen LogP contribution in [-0.2, 0) is 11.3 Å². The first-order valence-electron chi connectivity index (χ1n) is 7.64. The molecule has 0 aromatic carbocycles. The molecule has 1 N–H and O–H groups in total. The third-order valence-electron chi connectivity index (χ3n) is 4.37. The van der Waals surface area contributed by atoms with Crippen LogP contribution in [-0.4, -0.2) is 32.4 Å². The van der Waals surface area contributed by atoms with Crippen molar-refractivity contribution in [3.05, 3.63) is 24.4 Å². The van der Waals surface area contributed by atoms with E-state index < -0.39 is 0 Å². The second kappa shape index (κ2) is 5.65. The number of ether oxygens (including phenoxy) is 1. The molecule has 1 aliphatic rings. The van der Waals surface area contributed by atoms with Crippen molar-refractivity contribution in [3.63, 3.8) is 0 Å². The van der Waals surface area contributed by atoms with E-state index in [1.165, 1.54) is 0 Å². The zero-order chi connectivity index (χ0) is 15.8. The standard InChI is InChI=1S/C16H16N4O3/c17-5-3-11-2-1-10(9-23-11)20-14(8-21)19-13-7-18-12-4-6-22-16(12)15(13)20/h4,6-7,10-11,21H,1-3,8-9H2/t10-,11-/m0/s1. The number of fused-ring (bicyclic) bond motifs is 3. The fraction of sp³-hybridized carbons (Fsp3) is 0.438. The molecular weight excluding hydrogens is 296 g/mol. The summed E-state index contributed by atoms with van der Waals surface area (Å²) in [6.45, 7) is 0.338. The van der Waals surface area contributed by atoms with Crippen molar-refractivity contribution in [2.45, 2.75) is 38.0 Å². The van der Waals surface area contributed by atoms with E-state index in [0.29, 0.717) is 30.0 Å². The first-order chi connectivity index (χ1) is 11.3. The summed E-state index contributed by atoms with van der Waals surface area (Å²) in [5, 5.41) is 18.5. The van der Waals surface area contributed by atoms with Crippen LogP contribution < -0.4 is 0 Å². The molecule has 7 nitrogen and oxygen atoms in total. The number of aromatic nitrogens is 3. The quantitative estimate of drug-likeness (QED) is 0.797. The lowest BCUT2D eigenvalue weighted by molar-refractivity contribution is -0.00885. The molecule has 23 heavy (non-hydrogen) atoms. The minimum absolute atomic E-state index is 0.00564. The fourth-order valence-corrected chi connectivity index (χ4v) is 3.29. The van der Waals surface area contributed by atoms with Crippen LogP contribution in [0.25, 0.3) is 22.1 Å². The molecule has 1 fully saturated rings. The molecule has 3 aromatic heterocycles. The Labute approximate surface area is 132 Å². The molecule has 0 saturated carbocycles. The van der Waals surface area contributed by atoms with Crippen LogP contribution in [0.2, 0.25) is 0 Å². The number of aliphatic hydroxyl groups excluding tert-OH is 1. The fourth-order valence-electron chi connectivity index (χ4n) is 3.29. The summed E-state index contributed by atoms with van der Waals surface area (Å²) in [5.41, 5.74) is 2.99. The molecular formula is C16H16N4O3. The van der Waals surface area contributed by atoms with Gasteiger partial charge in [-0.05, 0) is 12.8 Å². The number of nitriles is 1. The van der Waals surface area contributed by atoms with Gasteiger partial charge in [0.2, 0.25) is 0 Å². The first kappa shape index (κ1) is 14.2. The molecule has 0 unspecified atom stereocenters. The number of hydrogen-bond acceptors (Lipinski definition) is 6. The van der Waals surface area contributed by atoms with Crippen LogP contribution in [0.3, 0.4) is 0 Å². The highest BCUT2D eigenvalue weighted by molar-refractivity contribution is 5.98. The van der Waals surface area contributed by atoms with Gasteiger partial charge in [0.25, 0.3) is 0 Å². The van der Waals surface area contributed by atoms with Crippen LogP contribution in [0, 0.1) is 11.3 Å². The molecule has 0 radical (unpaired) electrons. The molecule has 4 rings (SSSR count). The van der Waals surface area contributed by atoms with Gasteiger partial charge in [-0.2, -0.15) is 5.26 Å². The van der Waals surface area contributed by atoms with E-state index in [1.807, 2.05) is 10.6 Å². The van der Waals surface area contributed by atoms with Crippen molar-refractivity contribution in [2.75, 3.05) is 6.61 Å². The lowest BCUT2D eigenvalue weighted by atomic mass is 10.0. The number of nitrogens with zero attached hydrogens (tertiary/aromatic N) is 4. The molecule has 1 aliphatic heterocycles. The second-order valence-corrected chi connectivity index (χ2v) is 5.73. The Balaban J connectivity index is 1.79. The number of imidazole rings is 1. The van der Waals surface area contributed by atoms with Crippen molar-refractivity contribution >= 4 is 22.1 Å². The number of hydrogen-bond donors (Lipinski definition) is 1. The molecule has 1 saturated heterocycles. The normalized spacial score (nSPS) is 21.7. The average Bonchev–Trinajstić information content (AvgIpc) is 3.19. The Morgan fingerprint density at radius 1 is 1.39 bits per heavy atom. The summed E-state index contributed by atoms with van der Waals surface area (Å²) in [6, 6.07) is 4.03. The van der Waals surface area contributed by atoms with Gasteiger partial charge < -0.3 is 18.8 Å². The lowest BCUT2D eigenvalue weighted by Crippen LogP contribution is -2.28. The highest BCUT2D eigenvalue weighted by atomic mass is 16.5. The molecule has 7 heteroatoms. The molecule has 0 amide bonds. The maximum Gasteiger partial charge on any atom is 0.178 e. The van der Waals surface area contributed by atoms with Crippen LogP contribution in [0.5, 0.6) is 0 Å². The smallest absolute Gasteiger partial charge is 0.178 e. The van der Waals surface area contributed by atoms with Gasteiger partial charge in [0.05, 0.1) is 43.7 Å². The van der Waals surface area contributed by atoms with Crippen LogP contribution in [0.4, 0.5) is 0 Å². The molecule has 3 aromatic rings. The third kappa shape index (κ3) is 2.27. The van der Waals surface area contributed by atoms with E-state index in [9.17, 15) is 5.11 Å². The van der Waals surface area contributed by atoms with Gasteiger partial charge in [-0.15, -0.1) is 0 Å². The molecule has 2 atom stereocenters. The highest BCUT2D eigenvalue weighted by Crippen LogP contribution is 2.33. The number of pyridine rings is 1. The van der Waals surface area contributed by atoms with Gasteiger partial charge in [0, 0.05) is 6.07 Å². The maximum absolute atomic E-state index is 9.69. The molecule has 0 bridgehead atoms. The minimum atomic E-state index is -0.158. The maximum atomic E-state index is 9.69. The van der Waals surface area contributed by atoms with Crippen molar-refractivity contribution in [3.8, 4) is 6.07 Å². The van der Waals surface area contributed by atoms with E-state index in [2.05, 4.69) is 16.0 Å². The van der Waals surface area contributed by atoms with Gasteiger partial charge in [0.1, 0.15) is 29.0 Å². The number of aliphatic hydroxyl groups is 1. The van der Waals surface area contributed by atoms with E-state index in [0.717, 1.165) is 23.9 Å². The third-order valence-corrected chi connectivity index (χ3v) is 4.37. The van der Waals surface area contributed by atoms with Crippen LogP contribution in [0.15, 0.2) is 22.9 Å². The monoisotopic (exact) mass is 312 g/mol. The van der Waals surface area contributed by atoms with Crippen molar-refractivity contribution in [2.24, 2.45) is 0 Å². The SMILES string of the molecule is N#CC[C@@H]1CC[C@H](n2c(CO)nc3cnc4ccoc4c32)CO1. The summed E-state index contributed by atoms with van der Waals surface area (Å²) >= 11 is 0. The molecule has 4 heterocycles. The number of furan rings is 1. The Morgan fingerprint density at radius 2 is 2.30 bits per heavy atom. The summed E-state index contributed by atoms with van der Waals surface area (Å²) in [4.78, 5) is 8.80. The Morgan fingerprint density at radius 3 is 3.04 bits per heavy atom. The predicted octanol–water partition coefficient (Wildman–Crippen LogP) is 2.30. The van der Waals surface area contributed by atoms with Crippen molar-refractivity contribution in [1.82, 2.24) is 14.5 Å². The Kier molecular flexibility index (Phi) is 3.48. The molecule has 0 aliphatic carbocycles. The summed E-state index contributed by atoms with van der Waals surface area (Å²) in [7, 11) is 0. The summed E-state index contributed by atoms with van der Waals surface area (Å²) in [6.07, 6.45) is 5.40. The van der Waals surface area contributed by atoms with Gasteiger partial charge in [-0.25, -0.2) is 4.98 Å². The van der Waals surface area contributed by atoms with Gasteiger partial charge in [-0.1, -0.05) is 0 Å². The van der Waals surface area contributed by atoms with Gasteiger partial charge in [0.15, 0.2) is 5.58 Å². The number of rotatable bonds is 3. The van der Waals surface area contributed by atoms with E-state index in [-0.39, 0.29) is 18.8 Å². The highest BCUT2D eigenvalue weighted by Gasteiger charge is 2.27. The second-order valence-electron chi connectivity index (χ2n) is 5.73. The average molecular weight is 312 g/mol. The molecule has 0 spiro atoms. The minimum Gasteiger partial charge on any atom is -0.460 e. The van der Waals surface area contributed by atoms with Crippen molar-refractivity contribution < 1.29 is 14.3 Å². The first-order valence-corrected chi connectivity index (χ1v) is 7.64.